The first kappa shape index (κ1) is 21.5. The molecular weight excluding hydrogens is 391 g/mol. The minimum absolute atomic E-state index is 0.0919. The van der Waals surface area contributed by atoms with Crippen LogP contribution in [0.3, 0.4) is 0 Å². The van der Waals surface area contributed by atoms with E-state index in [0.29, 0.717) is 24.3 Å². The van der Waals surface area contributed by atoms with Crippen molar-refractivity contribution in [1.82, 2.24) is 15.6 Å². The molecule has 1 saturated carbocycles. The molecule has 3 aromatic rings. The van der Waals surface area contributed by atoms with E-state index in [1.54, 1.807) is 12.1 Å². The summed E-state index contributed by atoms with van der Waals surface area (Å²) >= 11 is 0. The Morgan fingerprint density at radius 1 is 1.03 bits per heavy atom. The summed E-state index contributed by atoms with van der Waals surface area (Å²) in [6.45, 7) is 1.62. The third kappa shape index (κ3) is 5.71. The van der Waals surface area contributed by atoms with Gasteiger partial charge in [0.25, 0.3) is 5.91 Å². The Kier molecular flexibility index (Phi) is 6.99. The summed E-state index contributed by atoms with van der Waals surface area (Å²) in [6, 6.07) is 15.1. The zero-order valence-corrected chi connectivity index (χ0v) is 17.8. The molecular formula is C25H31FN4O. The zero-order chi connectivity index (χ0) is 21.6. The third-order valence-corrected chi connectivity index (χ3v) is 6.08. The fourth-order valence-corrected chi connectivity index (χ4v) is 4.34. The first-order valence-corrected chi connectivity index (χ1v) is 11.2. The van der Waals surface area contributed by atoms with Gasteiger partial charge in [0, 0.05) is 29.5 Å². The Morgan fingerprint density at radius 2 is 1.81 bits per heavy atom. The lowest BCUT2D eigenvalue weighted by Crippen LogP contribution is -2.39. The SMILES string of the molecule is NC1CCCC(NCCCCNC(=O)c2cc3ccc(-c4ccc(F)cc4)cc3[nH]2)C1. The Hall–Kier alpha value is -2.70. The minimum Gasteiger partial charge on any atom is -0.351 e. The van der Waals surface area contributed by atoms with Gasteiger partial charge >= 0.3 is 0 Å². The Bertz CT molecular complexity index is 1010. The summed E-state index contributed by atoms with van der Waals surface area (Å²) in [7, 11) is 0. The molecule has 1 aliphatic carbocycles. The molecule has 0 spiro atoms. The van der Waals surface area contributed by atoms with Crippen molar-refractivity contribution in [2.45, 2.75) is 50.6 Å². The average Bonchev–Trinajstić information content (AvgIpc) is 3.20. The summed E-state index contributed by atoms with van der Waals surface area (Å²) in [5.41, 5.74) is 9.40. The maximum absolute atomic E-state index is 13.2. The van der Waals surface area contributed by atoms with Gasteiger partial charge in [0.05, 0.1) is 0 Å². The number of unbranched alkanes of at least 4 members (excludes halogenated alkanes) is 1. The van der Waals surface area contributed by atoms with Crippen LogP contribution < -0.4 is 16.4 Å². The van der Waals surface area contributed by atoms with E-state index in [-0.39, 0.29) is 11.7 Å². The Morgan fingerprint density at radius 3 is 2.61 bits per heavy atom. The lowest BCUT2D eigenvalue weighted by molar-refractivity contribution is 0.0948. The number of carbonyl (C=O) groups is 1. The number of aromatic nitrogens is 1. The largest absolute Gasteiger partial charge is 0.351 e. The molecule has 1 aliphatic rings. The lowest BCUT2D eigenvalue weighted by atomic mass is 9.91. The van der Waals surface area contributed by atoms with Crippen molar-refractivity contribution in [2.24, 2.45) is 5.73 Å². The van der Waals surface area contributed by atoms with Crippen molar-refractivity contribution in [1.29, 1.82) is 0 Å². The molecule has 1 amide bonds. The van der Waals surface area contributed by atoms with E-state index in [0.717, 1.165) is 54.3 Å². The number of benzene rings is 2. The number of nitrogens with two attached hydrogens (primary N) is 1. The predicted octanol–water partition coefficient (Wildman–Crippen LogP) is 4.34. The highest BCUT2D eigenvalue weighted by atomic mass is 19.1. The lowest BCUT2D eigenvalue weighted by Gasteiger charge is -2.27. The number of nitrogens with one attached hydrogen (secondary N) is 3. The number of carbonyl (C=O) groups excluding carboxylic acids is 1. The Labute approximate surface area is 182 Å². The van der Waals surface area contributed by atoms with Gasteiger partial charge in [0.15, 0.2) is 0 Å². The normalized spacial score (nSPS) is 18.9. The van der Waals surface area contributed by atoms with Gasteiger partial charge in [-0.3, -0.25) is 4.79 Å². The second kappa shape index (κ2) is 10.1. The highest BCUT2D eigenvalue weighted by Gasteiger charge is 2.18. The summed E-state index contributed by atoms with van der Waals surface area (Å²) in [5, 5.41) is 7.57. The van der Waals surface area contributed by atoms with Gasteiger partial charge in [-0.15, -0.1) is 0 Å². The summed E-state index contributed by atoms with van der Waals surface area (Å²) in [4.78, 5) is 15.7. The number of H-pyrrole nitrogens is 1. The molecule has 31 heavy (non-hydrogen) atoms. The average molecular weight is 423 g/mol. The number of hydrogen-bond acceptors (Lipinski definition) is 3. The number of amides is 1. The van der Waals surface area contributed by atoms with Gasteiger partial charge in [0.2, 0.25) is 0 Å². The summed E-state index contributed by atoms with van der Waals surface area (Å²) in [6.07, 6.45) is 6.61. The van der Waals surface area contributed by atoms with Crippen LogP contribution in [0, 0.1) is 5.82 Å². The van der Waals surface area contributed by atoms with Crippen LogP contribution in [-0.4, -0.2) is 36.1 Å². The molecule has 6 heteroatoms. The van der Waals surface area contributed by atoms with Crippen LogP contribution in [0.5, 0.6) is 0 Å². The van der Waals surface area contributed by atoms with Crippen molar-refractivity contribution in [3.63, 3.8) is 0 Å². The summed E-state index contributed by atoms with van der Waals surface area (Å²) in [5.74, 6) is -0.344. The first-order chi connectivity index (χ1) is 15.1. The fraction of sp³-hybridized carbons (Fsp3) is 0.400. The number of fused-ring (bicyclic) bond motifs is 1. The van der Waals surface area contributed by atoms with Crippen molar-refractivity contribution in [3.8, 4) is 11.1 Å². The molecule has 5 nitrogen and oxygen atoms in total. The highest BCUT2D eigenvalue weighted by molar-refractivity contribution is 5.98. The topological polar surface area (TPSA) is 82.9 Å². The molecule has 4 rings (SSSR count). The van der Waals surface area contributed by atoms with Crippen LogP contribution in [0.25, 0.3) is 22.0 Å². The zero-order valence-electron chi connectivity index (χ0n) is 17.8. The molecule has 2 aromatic carbocycles. The smallest absolute Gasteiger partial charge is 0.267 e. The molecule has 2 atom stereocenters. The van der Waals surface area contributed by atoms with E-state index < -0.39 is 0 Å². The predicted molar refractivity (Wildman–Crippen MR) is 123 cm³/mol. The van der Waals surface area contributed by atoms with E-state index in [1.807, 2.05) is 24.3 Å². The van der Waals surface area contributed by atoms with E-state index in [9.17, 15) is 9.18 Å². The summed E-state index contributed by atoms with van der Waals surface area (Å²) < 4.78 is 13.2. The fourth-order valence-electron chi connectivity index (χ4n) is 4.34. The van der Waals surface area contributed by atoms with Crippen LogP contribution >= 0.6 is 0 Å². The van der Waals surface area contributed by atoms with Gasteiger partial charge in [-0.05, 0) is 74.0 Å². The van der Waals surface area contributed by atoms with Crippen molar-refractivity contribution >= 4 is 16.8 Å². The van der Waals surface area contributed by atoms with Crippen LogP contribution in [0.1, 0.15) is 49.0 Å². The van der Waals surface area contributed by atoms with E-state index in [2.05, 4.69) is 15.6 Å². The first-order valence-electron chi connectivity index (χ1n) is 11.2. The molecule has 0 aliphatic heterocycles. The van der Waals surface area contributed by atoms with Crippen LogP contribution in [0.15, 0.2) is 48.5 Å². The quantitative estimate of drug-likeness (QED) is 0.408. The number of halogens is 1. The molecule has 1 fully saturated rings. The highest BCUT2D eigenvalue weighted by Crippen LogP contribution is 2.25. The van der Waals surface area contributed by atoms with Gasteiger partial charge < -0.3 is 21.4 Å². The molecule has 164 valence electrons. The Balaban J connectivity index is 1.24. The van der Waals surface area contributed by atoms with Crippen LogP contribution in [0.4, 0.5) is 4.39 Å². The molecule has 2 unspecified atom stereocenters. The maximum atomic E-state index is 13.2. The number of hydrogen-bond donors (Lipinski definition) is 4. The third-order valence-electron chi connectivity index (χ3n) is 6.08. The standard InChI is InChI=1S/C25H31FN4O/c26-20-10-8-17(9-11-20)18-6-7-19-15-24(30-23(19)14-18)25(31)29-13-2-1-12-28-22-5-3-4-21(27)16-22/h6-11,14-15,21-22,28,30H,1-5,12-13,16,27H2,(H,29,31). The number of aromatic amines is 1. The molecule has 1 aromatic heterocycles. The van der Waals surface area contributed by atoms with Gasteiger partial charge in [-0.1, -0.05) is 30.7 Å². The van der Waals surface area contributed by atoms with Gasteiger partial charge in [-0.25, -0.2) is 4.39 Å². The molecule has 0 radical (unpaired) electrons. The monoisotopic (exact) mass is 422 g/mol. The second-order valence-electron chi connectivity index (χ2n) is 8.53. The minimum atomic E-state index is -0.252. The number of rotatable bonds is 8. The van der Waals surface area contributed by atoms with Gasteiger partial charge in [-0.2, -0.15) is 0 Å². The molecule has 0 saturated heterocycles. The molecule has 0 bridgehead atoms. The molecule has 5 N–H and O–H groups in total. The van der Waals surface area contributed by atoms with Crippen molar-refractivity contribution in [2.75, 3.05) is 13.1 Å². The van der Waals surface area contributed by atoms with Crippen molar-refractivity contribution in [3.05, 3.63) is 60.0 Å². The van der Waals surface area contributed by atoms with Crippen LogP contribution in [-0.2, 0) is 0 Å². The van der Waals surface area contributed by atoms with Crippen LogP contribution in [0.2, 0.25) is 0 Å². The van der Waals surface area contributed by atoms with Gasteiger partial charge in [0.1, 0.15) is 11.5 Å². The van der Waals surface area contributed by atoms with E-state index >= 15 is 0 Å². The van der Waals surface area contributed by atoms with E-state index in [4.69, 9.17) is 5.73 Å². The molecule has 1 heterocycles. The second-order valence-corrected chi connectivity index (χ2v) is 8.53. The van der Waals surface area contributed by atoms with E-state index in [1.165, 1.54) is 25.0 Å². The maximum Gasteiger partial charge on any atom is 0.267 e. The van der Waals surface area contributed by atoms with Crippen molar-refractivity contribution < 1.29 is 9.18 Å².